The fourth-order valence-electron chi connectivity index (χ4n) is 2.46. The Bertz CT molecular complexity index is 1070. The first kappa shape index (κ1) is 20.1. The average molecular weight is 418 g/mol. The van der Waals surface area contributed by atoms with E-state index in [2.05, 4.69) is 9.88 Å². The van der Waals surface area contributed by atoms with E-state index in [1.807, 2.05) is 30.5 Å². The summed E-state index contributed by atoms with van der Waals surface area (Å²) < 4.78 is 32.0. The Morgan fingerprint density at radius 1 is 1.11 bits per heavy atom. The van der Waals surface area contributed by atoms with Crippen molar-refractivity contribution >= 4 is 27.8 Å². The SMILES string of the molecule is CSc1ccc(-c2cc(-c3ccc(S(=O)(=O)NC(C)C(=O)O)cc3)no2)cc1. The third-order valence-corrected chi connectivity index (χ3v) is 6.35. The van der Waals surface area contributed by atoms with Crippen LogP contribution in [0.2, 0.25) is 0 Å². The summed E-state index contributed by atoms with van der Waals surface area (Å²) in [7, 11) is -3.92. The number of carboxylic acids is 1. The molecule has 1 aromatic heterocycles. The van der Waals surface area contributed by atoms with Gasteiger partial charge in [-0.3, -0.25) is 4.79 Å². The molecular formula is C19H18N2O5S2. The molecule has 2 N–H and O–H groups in total. The van der Waals surface area contributed by atoms with Crippen molar-refractivity contribution in [1.29, 1.82) is 0 Å². The van der Waals surface area contributed by atoms with Gasteiger partial charge in [0.2, 0.25) is 10.0 Å². The van der Waals surface area contributed by atoms with Gasteiger partial charge in [-0.05, 0) is 37.4 Å². The lowest BCUT2D eigenvalue weighted by atomic mass is 10.1. The summed E-state index contributed by atoms with van der Waals surface area (Å²) in [6.45, 7) is 1.26. The second kappa shape index (κ2) is 8.17. The van der Waals surface area contributed by atoms with Crippen LogP contribution in [0.1, 0.15) is 6.92 Å². The molecule has 0 bridgehead atoms. The zero-order valence-electron chi connectivity index (χ0n) is 15.1. The molecule has 0 aliphatic heterocycles. The largest absolute Gasteiger partial charge is 0.480 e. The van der Waals surface area contributed by atoms with Crippen LogP contribution in [0.15, 0.2) is 68.9 Å². The smallest absolute Gasteiger partial charge is 0.321 e. The molecule has 2 aromatic carbocycles. The normalized spacial score (nSPS) is 12.6. The summed E-state index contributed by atoms with van der Waals surface area (Å²) in [6, 6.07) is 14.4. The summed E-state index contributed by atoms with van der Waals surface area (Å²) in [6.07, 6.45) is 2.00. The van der Waals surface area contributed by atoms with Crippen molar-refractivity contribution in [3.63, 3.8) is 0 Å². The number of sulfonamides is 1. The van der Waals surface area contributed by atoms with Crippen LogP contribution in [0.3, 0.4) is 0 Å². The molecule has 1 unspecified atom stereocenters. The number of aliphatic carboxylic acids is 1. The van der Waals surface area contributed by atoms with E-state index in [0.717, 1.165) is 10.5 Å². The van der Waals surface area contributed by atoms with Crippen LogP contribution < -0.4 is 4.72 Å². The number of rotatable bonds is 7. The van der Waals surface area contributed by atoms with Gasteiger partial charge in [0, 0.05) is 22.1 Å². The minimum Gasteiger partial charge on any atom is -0.480 e. The number of hydrogen-bond donors (Lipinski definition) is 2. The molecule has 146 valence electrons. The molecule has 0 spiro atoms. The second-order valence-corrected chi connectivity index (χ2v) is 8.60. The third-order valence-electron chi connectivity index (χ3n) is 4.05. The molecule has 0 fully saturated rings. The van der Waals surface area contributed by atoms with Crippen LogP contribution in [-0.2, 0) is 14.8 Å². The predicted molar refractivity (Wildman–Crippen MR) is 107 cm³/mol. The monoisotopic (exact) mass is 418 g/mol. The molecule has 7 nitrogen and oxygen atoms in total. The van der Waals surface area contributed by atoms with Crippen molar-refractivity contribution < 1.29 is 22.8 Å². The maximum atomic E-state index is 12.2. The summed E-state index contributed by atoms with van der Waals surface area (Å²) >= 11 is 1.65. The zero-order valence-corrected chi connectivity index (χ0v) is 16.8. The first-order chi connectivity index (χ1) is 13.3. The molecule has 1 heterocycles. The quantitative estimate of drug-likeness (QED) is 0.565. The van der Waals surface area contributed by atoms with Crippen LogP contribution >= 0.6 is 11.8 Å². The van der Waals surface area contributed by atoms with Crippen LogP contribution in [0.25, 0.3) is 22.6 Å². The molecular weight excluding hydrogens is 400 g/mol. The maximum absolute atomic E-state index is 12.2. The number of carbonyl (C=O) groups is 1. The van der Waals surface area contributed by atoms with Crippen LogP contribution in [-0.4, -0.2) is 36.9 Å². The first-order valence-electron chi connectivity index (χ1n) is 8.27. The van der Waals surface area contributed by atoms with E-state index < -0.39 is 22.0 Å². The van der Waals surface area contributed by atoms with Crippen molar-refractivity contribution in [2.45, 2.75) is 22.8 Å². The Labute approximate surface area is 166 Å². The fourth-order valence-corrected chi connectivity index (χ4v) is 4.06. The lowest BCUT2D eigenvalue weighted by molar-refractivity contribution is -0.138. The van der Waals surface area contributed by atoms with Gasteiger partial charge in [0.05, 0.1) is 4.90 Å². The molecule has 3 aromatic rings. The average Bonchev–Trinajstić information content (AvgIpc) is 3.18. The van der Waals surface area contributed by atoms with Crippen LogP contribution in [0.5, 0.6) is 0 Å². The minimum absolute atomic E-state index is 0.0271. The number of nitrogens with zero attached hydrogens (tertiary/aromatic N) is 1. The first-order valence-corrected chi connectivity index (χ1v) is 11.0. The highest BCUT2D eigenvalue weighted by atomic mass is 32.2. The van der Waals surface area contributed by atoms with E-state index >= 15 is 0 Å². The Kier molecular flexibility index (Phi) is 5.87. The van der Waals surface area contributed by atoms with E-state index in [-0.39, 0.29) is 4.90 Å². The van der Waals surface area contributed by atoms with Crippen molar-refractivity contribution in [3.8, 4) is 22.6 Å². The molecule has 1 atom stereocenters. The van der Waals surface area contributed by atoms with Crippen molar-refractivity contribution in [2.24, 2.45) is 0 Å². The molecule has 3 rings (SSSR count). The Morgan fingerprint density at radius 2 is 1.71 bits per heavy atom. The van der Waals surface area contributed by atoms with Crippen molar-refractivity contribution in [3.05, 3.63) is 54.6 Å². The number of aromatic nitrogens is 1. The molecule has 0 aliphatic carbocycles. The van der Waals surface area contributed by atoms with E-state index in [0.29, 0.717) is 17.0 Å². The van der Waals surface area contributed by atoms with Gasteiger partial charge in [0.1, 0.15) is 11.7 Å². The molecule has 0 saturated heterocycles. The number of benzene rings is 2. The Hall–Kier alpha value is -2.62. The number of hydrogen-bond acceptors (Lipinski definition) is 6. The second-order valence-electron chi connectivity index (χ2n) is 6.01. The van der Waals surface area contributed by atoms with Gasteiger partial charge in [-0.25, -0.2) is 8.42 Å². The van der Waals surface area contributed by atoms with E-state index in [4.69, 9.17) is 9.63 Å². The Morgan fingerprint density at radius 3 is 2.29 bits per heavy atom. The van der Waals surface area contributed by atoms with Gasteiger partial charge in [-0.1, -0.05) is 29.4 Å². The van der Waals surface area contributed by atoms with Crippen LogP contribution in [0, 0.1) is 0 Å². The fraction of sp³-hybridized carbons (Fsp3) is 0.158. The summed E-state index contributed by atoms with van der Waals surface area (Å²) in [4.78, 5) is 12.0. The van der Waals surface area contributed by atoms with E-state index in [1.54, 1.807) is 30.0 Å². The highest BCUT2D eigenvalue weighted by molar-refractivity contribution is 7.98. The van der Waals surface area contributed by atoms with E-state index in [9.17, 15) is 13.2 Å². The number of thioether (sulfide) groups is 1. The van der Waals surface area contributed by atoms with Gasteiger partial charge < -0.3 is 9.63 Å². The van der Waals surface area contributed by atoms with Gasteiger partial charge in [0.15, 0.2) is 5.76 Å². The summed E-state index contributed by atoms with van der Waals surface area (Å²) in [5.74, 6) is -0.641. The van der Waals surface area contributed by atoms with Gasteiger partial charge in [-0.2, -0.15) is 4.72 Å². The maximum Gasteiger partial charge on any atom is 0.321 e. The zero-order chi connectivity index (χ0) is 20.3. The predicted octanol–water partition coefficient (Wildman–Crippen LogP) is 3.48. The lowest BCUT2D eigenvalue weighted by Gasteiger charge is -2.10. The van der Waals surface area contributed by atoms with Crippen LogP contribution in [0.4, 0.5) is 0 Å². The topological polar surface area (TPSA) is 110 Å². The molecule has 9 heteroatoms. The lowest BCUT2D eigenvalue weighted by Crippen LogP contribution is -2.38. The van der Waals surface area contributed by atoms with Gasteiger partial charge in [0.25, 0.3) is 0 Å². The molecule has 0 aliphatic rings. The van der Waals surface area contributed by atoms with Crippen molar-refractivity contribution in [2.75, 3.05) is 6.26 Å². The summed E-state index contributed by atoms with van der Waals surface area (Å²) in [5, 5.41) is 12.9. The molecule has 28 heavy (non-hydrogen) atoms. The molecule has 0 saturated carbocycles. The molecule has 0 radical (unpaired) electrons. The number of carboxylic acid groups (broad SMARTS) is 1. The van der Waals surface area contributed by atoms with Gasteiger partial charge in [-0.15, -0.1) is 11.8 Å². The van der Waals surface area contributed by atoms with E-state index in [1.165, 1.54) is 19.1 Å². The number of nitrogens with one attached hydrogen (secondary N) is 1. The third kappa shape index (κ3) is 4.44. The minimum atomic E-state index is -3.92. The Balaban J connectivity index is 1.80. The van der Waals surface area contributed by atoms with Crippen molar-refractivity contribution in [1.82, 2.24) is 9.88 Å². The standard InChI is InChI=1S/C19H18N2O5S2/c1-12(19(22)23)21-28(24,25)16-9-5-13(6-10-16)17-11-18(26-20-17)14-3-7-15(27-2)8-4-14/h3-12,21H,1-2H3,(H,22,23). The molecule has 0 amide bonds. The van der Waals surface area contributed by atoms with Gasteiger partial charge >= 0.3 is 5.97 Å². The summed E-state index contributed by atoms with van der Waals surface area (Å²) in [5.41, 5.74) is 2.14. The highest BCUT2D eigenvalue weighted by Gasteiger charge is 2.21. The highest BCUT2D eigenvalue weighted by Crippen LogP contribution is 2.28.